The van der Waals surface area contributed by atoms with Crippen molar-refractivity contribution in [3.8, 4) is 0 Å². The van der Waals surface area contributed by atoms with E-state index < -0.39 is 7.92 Å². The zero-order chi connectivity index (χ0) is 23.3. The fourth-order valence-electron chi connectivity index (χ4n) is 4.23. The predicted molar refractivity (Wildman–Crippen MR) is 143 cm³/mol. The molecule has 2 heterocycles. The van der Waals surface area contributed by atoms with Gasteiger partial charge in [0.25, 0.3) is 0 Å². The molecule has 0 amide bonds. The number of nitrogens with zero attached hydrogens (tertiary/aromatic N) is 1. The summed E-state index contributed by atoms with van der Waals surface area (Å²) in [6.45, 7) is 17.7. The summed E-state index contributed by atoms with van der Waals surface area (Å²) in [5.74, 6) is 0. The van der Waals surface area contributed by atoms with Gasteiger partial charge in [-0.15, -0.1) is 5.69 Å². The van der Waals surface area contributed by atoms with Crippen LogP contribution in [0.4, 0.5) is 11.4 Å². The Morgan fingerprint density at radius 3 is 1.55 bits per heavy atom. The third-order valence-electron chi connectivity index (χ3n) is 5.79. The van der Waals surface area contributed by atoms with Crippen molar-refractivity contribution < 1.29 is 28.3 Å². The summed E-state index contributed by atoms with van der Waals surface area (Å²) >= 11 is 0. The quantitative estimate of drug-likeness (QED) is 0.466. The van der Waals surface area contributed by atoms with Crippen LogP contribution < -0.4 is 24.2 Å². The van der Waals surface area contributed by atoms with Crippen molar-refractivity contribution >= 4 is 24.6 Å². The molecule has 2 saturated heterocycles. The molecule has 0 saturated carbocycles. The molecule has 0 aromatic heterocycles. The van der Waals surface area contributed by atoms with Gasteiger partial charge in [0, 0.05) is 34.3 Å². The standard InChI is InChI=1S/C20H27NP.2C4H8O.Li/c1-14(2)22(15(3)4)19-13-8-7-12-18(19)21-20-16(5)10-9-11-17(20)6;2*1-2-4-5-3-1;/h7-15H,1-6H3;2*1-4H2;/q-1;;;+1/p+1. The summed E-state index contributed by atoms with van der Waals surface area (Å²) < 4.78 is 9.89. The molecule has 5 heteroatoms. The van der Waals surface area contributed by atoms with Gasteiger partial charge in [0.1, 0.15) is 0 Å². The summed E-state index contributed by atoms with van der Waals surface area (Å²) in [7, 11) is -0.624. The van der Waals surface area contributed by atoms with Crippen LogP contribution in [0.5, 0.6) is 0 Å². The first-order chi connectivity index (χ1) is 15.4. The number of benzene rings is 2. The summed E-state index contributed by atoms with van der Waals surface area (Å²) in [5.41, 5.74) is 6.20. The maximum absolute atomic E-state index is 5.05. The maximum Gasteiger partial charge on any atom is 1.00 e. The van der Waals surface area contributed by atoms with Crippen molar-refractivity contribution in [2.75, 3.05) is 26.4 Å². The largest absolute Gasteiger partial charge is 1.00 e. The van der Waals surface area contributed by atoms with E-state index in [9.17, 15) is 0 Å². The molecule has 0 unspecified atom stereocenters. The Labute approximate surface area is 216 Å². The molecule has 0 radical (unpaired) electrons. The first kappa shape index (κ1) is 30.2. The molecule has 2 aromatic carbocycles. The zero-order valence-corrected chi connectivity index (χ0v) is 23.1. The molecule has 0 aliphatic carbocycles. The van der Waals surface area contributed by atoms with Crippen molar-refractivity contribution in [1.29, 1.82) is 0 Å². The summed E-state index contributed by atoms with van der Waals surface area (Å²) in [4.78, 5) is 0. The second kappa shape index (κ2) is 16.8. The third-order valence-corrected chi connectivity index (χ3v) is 9.32. The molecule has 0 N–H and O–H groups in total. The van der Waals surface area contributed by atoms with Crippen LogP contribution in [0.1, 0.15) is 64.5 Å². The van der Waals surface area contributed by atoms with Gasteiger partial charge >= 0.3 is 18.9 Å². The van der Waals surface area contributed by atoms with E-state index in [0.29, 0.717) is 11.3 Å². The van der Waals surface area contributed by atoms with E-state index in [4.69, 9.17) is 14.8 Å². The maximum atomic E-state index is 5.05. The average Bonchev–Trinajstić information content (AvgIpc) is 3.51. The molecule has 0 atom stereocenters. The molecule has 0 bridgehead atoms. The van der Waals surface area contributed by atoms with E-state index in [2.05, 4.69) is 84.0 Å². The fourth-order valence-corrected chi connectivity index (χ4v) is 7.53. The number of ether oxygens (including phenoxy) is 2. The van der Waals surface area contributed by atoms with Crippen LogP contribution in [0.15, 0.2) is 42.5 Å². The Bertz CT molecular complexity index is 736. The van der Waals surface area contributed by atoms with Crippen molar-refractivity contribution in [3.05, 3.63) is 58.9 Å². The molecule has 178 valence electrons. The summed E-state index contributed by atoms with van der Waals surface area (Å²) in [6, 6.07) is 15.1. The number of hydrogen-bond donors (Lipinski definition) is 0. The fraction of sp³-hybridized carbons (Fsp3) is 0.571. The Kier molecular flexibility index (Phi) is 15.3. The van der Waals surface area contributed by atoms with E-state index in [-0.39, 0.29) is 18.9 Å². The van der Waals surface area contributed by atoms with Gasteiger partial charge in [0.2, 0.25) is 0 Å². The monoisotopic (exact) mass is 464 g/mol. The average molecular weight is 465 g/mol. The molecule has 2 aliphatic heterocycles. The van der Waals surface area contributed by atoms with E-state index >= 15 is 0 Å². The minimum atomic E-state index is -0.624. The summed E-state index contributed by atoms with van der Waals surface area (Å²) in [5, 5.41) is 6.52. The van der Waals surface area contributed by atoms with Gasteiger partial charge in [-0.2, -0.15) is 0 Å². The van der Waals surface area contributed by atoms with Gasteiger partial charge in [-0.3, -0.25) is 0 Å². The number of aryl methyl sites for hydroxylation is 2. The van der Waals surface area contributed by atoms with Crippen LogP contribution in [0.2, 0.25) is 0 Å². The molecule has 33 heavy (non-hydrogen) atoms. The van der Waals surface area contributed by atoms with Crippen LogP contribution in [-0.4, -0.2) is 37.7 Å². The third kappa shape index (κ3) is 10.5. The van der Waals surface area contributed by atoms with Gasteiger partial charge in [-0.05, 0) is 73.3 Å². The van der Waals surface area contributed by atoms with E-state index in [1.165, 1.54) is 42.1 Å². The van der Waals surface area contributed by atoms with Gasteiger partial charge in [0.15, 0.2) is 0 Å². The number of hydrogen-bond acceptors (Lipinski definition) is 2. The van der Waals surface area contributed by atoms with Crippen molar-refractivity contribution in [2.24, 2.45) is 0 Å². The van der Waals surface area contributed by atoms with E-state index in [1.807, 2.05) is 0 Å². The topological polar surface area (TPSA) is 32.6 Å². The smallest absolute Gasteiger partial charge is 0.654 e. The minimum Gasteiger partial charge on any atom is -0.654 e. The van der Waals surface area contributed by atoms with Crippen LogP contribution in [-0.2, 0) is 9.47 Å². The number of para-hydroxylation sites is 2. The van der Waals surface area contributed by atoms with Gasteiger partial charge in [-0.1, -0.05) is 53.2 Å². The van der Waals surface area contributed by atoms with Gasteiger partial charge < -0.3 is 14.8 Å². The molecule has 3 nitrogen and oxygen atoms in total. The van der Waals surface area contributed by atoms with Crippen LogP contribution in [0, 0.1) is 13.8 Å². The second-order valence-electron chi connectivity index (χ2n) is 9.27. The Balaban J connectivity index is 0.000000404. The SMILES string of the molecule is C1CCOC1.C1CCOC1.Cc1cccc(C)c1[N-]c1ccccc1[PH+](C(C)C)C(C)C.[Li+]. The van der Waals surface area contributed by atoms with Crippen LogP contribution in [0.25, 0.3) is 5.32 Å². The molecule has 2 aliphatic rings. The van der Waals surface area contributed by atoms with Crippen molar-refractivity contribution in [1.82, 2.24) is 0 Å². The molecule has 2 fully saturated rings. The molecule has 2 aromatic rings. The molecular weight excluding hydrogens is 420 g/mol. The van der Waals surface area contributed by atoms with Crippen LogP contribution in [0.3, 0.4) is 0 Å². The number of rotatable bonds is 5. The zero-order valence-electron chi connectivity index (χ0n) is 22.1. The predicted octanol–water partition coefficient (Wildman–Crippen LogP) is 4.89. The van der Waals surface area contributed by atoms with Gasteiger partial charge in [0.05, 0.1) is 16.6 Å². The van der Waals surface area contributed by atoms with Gasteiger partial charge in [-0.25, -0.2) is 0 Å². The Morgan fingerprint density at radius 1 is 0.697 bits per heavy atom. The first-order valence-corrected chi connectivity index (χ1v) is 14.0. The minimum absolute atomic E-state index is 0. The van der Waals surface area contributed by atoms with Crippen molar-refractivity contribution in [2.45, 2.75) is 78.5 Å². The molecule has 0 spiro atoms. The Hall–Kier alpha value is -0.813. The van der Waals surface area contributed by atoms with Crippen LogP contribution >= 0.6 is 7.92 Å². The molecule has 4 rings (SSSR count). The first-order valence-electron chi connectivity index (χ1n) is 12.3. The normalized spacial score (nSPS) is 14.9. The Morgan fingerprint density at radius 2 is 1.15 bits per heavy atom. The van der Waals surface area contributed by atoms with Crippen molar-refractivity contribution in [3.63, 3.8) is 0 Å². The molecular formula is C28H44LiNO2P+. The second-order valence-corrected chi connectivity index (χ2v) is 13.0. The van der Waals surface area contributed by atoms with E-state index in [0.717, 1.165) is 37.8 Å². The summed E-state index contributed by atoms with van der Waals surface area (Å²) in [6.07, 6.45) is 5.11. The van der Waals surface area contributed by atoms with E-state index in [1.54, 1.807) is 0 Å².